The first-order chi connectivity index (χ1) is 14.8. The normalized spacial score (nSPS) is 16.8. The number of hydrogen-bond acceptors (Lipinski definition) is 7. The quantitative estimate of drug-likeness (QED) is 0.679. The molecule has 1 N–H and O–H groups in total. The lowest BCUT2D eigenvalue weighted by atomic mass is 9.98. The summed E-state index contributed by atoms with van der Waals surface area (Å²) in [6.07, 6.45) is 5.01. The minimum absolute atomic E-state index is 0.264. The van der Waals surface area contributed by atoms with E-state index in [0.717, 1.165) is 12.8 Å². The van der Waals surface area contributed by atoms with Crippen LogP contribution in [0.15, 0.2) is 35.1 Å². The molecule has 1 amide bonds. The molecule has 31 heavy (non-hydrogen) atoms. The molecule has 1 fully saturated rings. The Labute approximate surface area is 180 Å². The molecule has 4 heterocycles. The van der Waals surface area contributed by atoms with E-state index in [2.05, 4.69) is 21.5 Å². The van der Waals surface area contributed by atoms with Crippen molar-refractivity contribution in [3.8, 4) is 17.5 Å². The third kappa shape index (κ3) is 4.63. The zero-order chi connectivity index (χ0) is 22.0. The van der Waals surface area contributed by atoms with Gasteiger partial charge >= 0.3 is 6.09 Å². The maximum absolute atomic E-state index is 12.4. The van der Waals surface area contributed by atoms with Gasteiger partial charge in [-0.1, -0.05) is 0 Å². The Kier molecular flexibility index (Phi) is 5.55. The van der Waals surface area contributed by atoms with Crippen molar-refractivity contribution in [2.75, 3.05) is 25.0 Å². The molecule has 0 unspecified atom stereocenters. The number of carbonyl (C=O) groups is 1. The molecule has 0 spiro atoms. The van der Waals surface area contributed by atoms with Crippen LogP contribution in [0, 0.1) is 17.2 Å². The number of nitrogens with one attached hydrogen (secondary N) is 1. The van der Waals surface area contributed by atoms with Gasteiger partial charge in [0.15, 0.2) is 11.4 Å². The van der Waals surface area contributed by atoms with Crippen LogP contribution in [0.5, 0.6) is 0 Å². The lowest BCUT2D eigenvalue weighted by Crippen LogP contribution is -2.44. The molecule has 0 bridgehead atoms. The molecule has 1 saturated heterocycles. The van der Waals surface area contributed by atoms with Crippen molar-refractivity contribution in [1.29, 1.82) is 5.26 Å². The van der Waals surface area contributed by atoms with E-state index in [9.17, 15) is 10.1 Å². The first-order valence-corrected chi connectivity index (χ1v) is 10.4. The van der Waals surface area contributed by atoms with Crippen LogP contribution in [0.3, 0.4) is 0 Å². The van der Waals surface area contributed by atoms with E-state index in [1.54, 1.807) is 34.0 Å². The monoisotopic (exact) mass is 422 g/mol. The fraction of sp³-hybridized carbons (Fsp3) is 0.455. The van der Waals surface area contributed by atoms with Crippen LogP contribution in [0.1, 0.15) is 39.2 Å². The third-order valence-electron chi connectivity index (χ3n) is 5.09. The largest absolute Gasteiger partial charge is 0.463 e. The molecule has 9 heteroatoms. The van der Waals surface area contributed by atoms with E-state index in [4.69, 9.17) is 9.15 Å². The van der Waals surface area contributed by atoms with Crippen molar-refractivity contribution in [3.05, 3.63) is 36.2 Å². The Morgan fingerprint density at radius 1 is 1.42 bits per heavy atom. The zero-order valence-corrected chi connectivity index (χ0v) is 18.0. The van der Waals surface area contributed by atoms with Crippen LogP contribution in [0.25, 0.3) is 17.1 Å². The average Bonchev–Trinajstić information content (AvgIpc) is 3.38. The second-order valence-corrected chi connectivity index (χ2v) is 8.71. The second-order valence-electron chi connectivity index (χ2n) is 8.71. The van der Waals surface area contributed by atoms with Crippen LogP contribution in [-0.2, 0) is 4.74 Å². The molecule has 162 valence electrons. The summed E-state index contributed by atoms with van der Waals surface area (Å²) in [6, 6.07) is 7.53. The maximum atomic E-state index is 12.4. The van der Waals surface area contributed by atoms with E-state index < -0.39 is 5.60 Å². The van der Waals surface area contributed by atoms with Crippen LogP contribution in [0.2, 0.25) is 0 Å². The number of nitriles is 1. The number of amides is 1. The Morgan fingerprint density at radius 2 is 2.26 bits per heavy atom. The number of ether oxygens (including phenoxy) is 1. The fourth-order valence-electron chi connectivity index (χ4n) is 3.69. The number of aromatic nitrogens is 3. The highest BCUT2D eigenvalue weighted by molar-refractivity contribution is 5.73. The SMILES string of the molecule is CC(C)(C)OC(=O)N1CCC[C@H](CNc2ccn3nc(-c4ccco4)c(C#N)c3n2)C1. The summed E-state index contributed by atoms with van der Waals surface area (Å²) in [5.74, 6) is 1.48. The summed E-state index contributed by atoms with van der Waals surface area (Å²) >= 11 is 0. The van der Waals surface area contributed by atoms with Gasteiger partial charge in [-0.15, -0.1) is 0 Å². The van der Waals surface area contributed by atoms with Gasteiger partial charge < -0.3 is 19.4 Å². The van der Waals surface area contributed by atoms with Gasteiger partial charge in [0.2, 0.25) is 0 Å². The van der Waals surface area contributed by atoms with Gasteiger partial charge in [0.25, 0.3) is 0 Å². The van der Waals surface area contributed by atoms with Crippen molar-refractivity contribution in [2.24, 2.45) is 5.92 Å². The van der Waals surface area contributed by atoms with Gasteiger partial charge in [-0.2, -0.15) is 10.4 Å². The molecule has 3 aromatic heterocycles. The average molecular weight is 422 g/mol. The molecule has 0 radical (unpaired) electrons. The number of rotatable bonds is 4. The first kappa shape index (κ1) is 20.7. The Morgan fingerprint density at radius 3 is 2.97 bits per heavy atom. The van der Waals surface area contributed by atoms with Gasteiger partial charge in [0.1, 0.15) is 28.7 Å². The molecule has 1 aliphatic rings. The Hall–Kier alpha value is -3.54. The predicted molar refractivity (Wildman–Crippen MR) is 114 cm³/mol. The highest BCUT2D eigenvalue weighted by atomic mass is 16.6. The number of carbonyl (C=O) groups excluding carboxylic acids is 1. The topological polar surface area (TPSA) is 109 Å². The van der Waals surface area contributed by atoms with E-state index in [-0.39, 0.29) is 6.09 Å². The van der Waals surface area contributed by atoms with E-state index in [0.29, 0.717) is 54.0 Å². The standard InChI is InChI=1S/C22H26N6O3/c1-22(2,3)31-21(29)27-9-4-6-15(14-27)13-24-18-8-10-28-20(25-18)16(12-23)19(26-28)17-7-5-11-30-17/h5,7-8,10-11,15H,4,6,9,13-14H2,1-3H3,(H,24,25)/t15-/m1/s1. The number of fused-ring (bicyclic) bond motifs is 1. The van der Waals surface area contributed by atoms with Crippen LogP contribution < -0.4 is 5.32 Å². The van der Waals surface area contributed by atoms with Gasteiger partial charge in [-0.05, 0) is 57.7 Å². The van der Waals surface area contributed by atoms with Crippen molar-refractivity contribution in [2.45, 2.75) is 39.2 Å². The molecule has 3 aromatic rings. The second kappa shape index (κ2) is 8.30. The number of piperidine rings is 1. The fourth-order valence-corrected chi connectivity index (χ4v) is 3.69. The zero-order valence-electron chi connectivity index (χ0n) is 18.0. The summed E-state index contributed by atoms with van der Waals surface area (Å²) < 4.78 is 12.5. The minimum Gasteiger partial charge on any atom is -0.463 e. The summed E-state index contributed by atoms with van der Waals surface area (Å²) in [5, 5.41) is 17.4. The lowest BCUT2D eigenvalue weighted by Gasteiger charge is -2.34. The van der Waals surface area contributed by atoms with Gasteiger partial charge in [-0.25, -0.2) is 14.3 Å². The highest BCUT2D eigenvalue weighted by Gasteiger charge is 2.27. The number of furan rings is 1. The van der Waals surface area contributed by atoms with Gasteiger partial charge in [0.05, 0.1) is 6.26 Å². The van der Waals surface area contributed by atoms with Crippen molar-refractivity contribution < 1.29 is 13.9 Å². The summed E-state index contributed by atoms with van der Waals surface area (Å²) in [7, 11) is 0. The molecule has 0 saturated carbocycles. The molecule has 1 atom stereocenters. The Balaban J connectivity index is 1.44. The maximum Gasteiger partial charge on any atom is 0.410 e. The molecule has 0 aromatic carbocycles. The lowest BCUT2D eigenvalue weighted by molar-refractivity contribution is 0.0172. The number of hydrogen-bond donors (Lipinski definition) is 1. The van der Waals surface area contributed by atoms with Gasteiger partial charge in [-0.3, -0.25) is 0 Å². The smallest absolute Gasteiger partial charge is 0.410 e. The predicted octanol–water partition coefficient (Wildman–Crippen LogP) is 3.92. The highest BCUT2D eigenvalue weighted by Crippen LogP contribution is 2.26. The third-order valence-corrected chi connectivity index (χ3v) is 5.09. The Bertz CT molecular complexity index is 1110. The van der Waals surface area contributed by atoms with Crippen molar-refractivity contribution >= 4 is 17.6 Å². The first-order valence-electron chi connectivity index (χ1n) is 10.4. The molecule has 4 rings (SSSR count). The van der Waals surface area contributed by atoms with Crippen molar-refractivity contribution in [1.82, 2.24) is 19.5 Å². The number of anilines is 1. The van der Waals surface area contributed by atoms with E-state index in [1.807, 2.05) is 26.8 Å². The molecular formula is C22H26N6O3. The van der Waals surface area contributed by atoms with Crippen LogP contribution in [0.4, 0.5) is 10.6 Å². The molecular weight excluding hydrogens is 396 g/mol. The van der Waals surface area contributed by atoms with Gasteiger partial charge in [0, 0.05) is 25.8 Å². The van der Waals surface area contributed by atoms with Crippen LogP contribution >= 0.6 is 0 Å². The summed E-state index contributed by atoms with van der Waals surface area (Å²) in [6.45, 7) is 7.65. The summed E-state index contributed by atoms with van der Waals surface area (Å²) in [5.41, 5.74) is 0.808. The van der Waals surface area contributed by atoms with Crippen LogP contribution in [-0.4, -0.2) is 50.8 Å². The molecule has 0 aliphatic carbocycles. The minimum atomic E-state index is -0.500. The number of nitrogens with zero attached hydrogens (tertiary/aromatic N) is 5. The molecule has 1 aliphatic heterocycles. The number of likely N-dealkylation sites (tertiary alicyclic amines) is 1. The van der Waals surface area contributed by atoms with Crippen molar-refractivity contribution in [3.63, 3.8) is 0 Å². The van der Waals surface area contributed by atoms with E-state index >= 15 is 0 Å². The summed E-state index contributed by atoms with van der Waals surface area (Å²) in [4.78, 5) is 18.7. The van der Waals surface area contributed by atoms with E-state index in [1.165, 1.54) is 0 Å². The molecule has 9 nitrogen and oxygen atoms in total.